The van der Waals surface area contributed by atoms with Crippen LogP contribution < -0.4 is 0 Å². The number of aryl methyl sites for hydroxylation is 1. The average molecular weight is 281 g/mol. The summed E-state index contributed by atoms with van der Waals surface area (Å²) in [7, 11) is 0. The molecule has 1 aromatic carbocycles. The molecule has 5 nitrogen and oxygen atoms in total. The second-order valence-electron chi connectivity index (χ2n) is 4.94. The smallest absolute Gasteiger partial charge is 0.120 e. The number of hydrogen-bond donors (Lipinski definition) is 1. The molecule has 1 unspecified atom stereocenters. The molecule has 5 heteroatoms. The van der Waals surface area contributed by atoms with Crippen molar-refractivity contribution in [2.75, 3.05) is 0 Å². The van der Waals surface area contributed by atoms with Gasteiger partial charge < -0.3 is 5.11 Å². The third-order valence-corrected chi connectivity index (χ3v) is 3.58. The van der Waals surface area contributed by atoms with Crippen molar-refractivity contribution in [3.05, 3.63) is 77.4 Å². The van der Waals surface area contributed by atoms with E-state index < -0.39 is 5.60 Å². The first kappa shape index (κ1) is 13.5. The van der Waals surface area contributed by atoms with E-state index in [4.69, 9.17) is 4.63 Å². The van der Waals surface area contributed by atoms with E-state index in [0.29, 0.717) is 11.4 Å². The van der Waals surface area contributed by atoms with Gasteiger partial charge in [-0.3, -0.25) is 4.98 Å². The quantitative estimate of drug-likeness (QED) is 0.794. The predicted molar refractivity (Wildman–Crippen MR) is 76.4 cm³/mol. The molecule has 0 saturated carbocycles. The van der Waals surface area contributed by atoms with E-state index in [-0.39, 0.29) is 6.42 Å². The molecule has 0 radical (unpaired) electrons. The lowest BCUT2D eigenvalue weighted by Crippen LogP contribution is -2.30. The van der Waals surface area contributed by atoms with Crippen LogP contribution in [0.4, 0.5) is 0 Å². The van der Waals surface area contributed by atoms with Crippen molar-refractivity contribution in [3.8, 4) is 0 Å². The van der Waals surface area contributed by atoms with Crippen molar-refractivity contribution >= 4 is 0 Å². The molecule has 0 aliphatic carbocycles. The molecule has 1 N–H and O–H groups in total. The summed E-state index contributed by atoms with van der Waals surface area (Å²) in [4.78, 5) is 4.01. The fourth-order valence-electron chi connectivity index (χ4n) is 2.36. The molecule has 3 rings (SSSR count). The number of aliphatic hydroxyl groups is 1. The minimum absolute atomic E-state index is 0.288. The summed E-state index contributed by atoms with van der Waals surface area (Å²) in [6.45, 7) is 1.81. The predicted octanol–water partition coefficient (Wildman–Crippen LogP) is 2.25. The van der Waals surface area contributed by atoms with E-state index in [1.54, 1.807) is 24.5 Å². The van der Waals surface area contributed by atoms with Gasteiger partial charge in [0, 0.05) is 18.8 Å². The van der Waals surface area contributed by atoms with E-state index in [1.165, 1.54) is 0 Å². The normalized spacial score (nSPS) is 13.8. The van der Waals surface area contributed by atoms with Gasteiger partial charge in [-0.25, -0.2) is 4.63 Å². The maximum atomic E-state index is 11.3. The first-order valence-corrected chi connectivity index (χ1v) is 6.66. The summed E-state index contributed by atoms with van der Waals surface area (Å²) in [5, 5.41) is 19.0. The first-order chi connectivity index (χ1) is 10.2. The highest BCUT2D eigenvalue weighted by Gasteiger charge is 2.33. The van der Waals surface area contributed by atoms with Crippen LogP contribution in [0, 0.1) is 6.92 Å². The summed E-state index contributed by atoms with van der Waals surface area (Å²) < 4.78 is 4.74. The van der Waals surface area contributed by atoms with E-state index in [2.05, 4.69) is 15.3 Å². The van der Waals surface area contributed by atoms with Gasteiger partial charge in [-0.1, -0.05) is 40.6 Å². The third kappa shape index (κ3) is 2.55. The Labute approximate surface area is 122 Å². The summed E-state index contributed by atoms with van der Waals surface area (Å²) in [5.41, 5.74) is 1.66. The monoisotopic (exact) mass is 281 g/mol. The van der Waals surface area contributed by atoms with Crippen molar-refractivity contribution in [1.82, 2.24) is 15.3 Å². The highest BCUT2D eigenvalue weighted by Crippen LogP contribution is 2.32. The van der Waals surface area contributed by atoms with Crippen LogP contribution in [0.2, 0.25) is 0 Å². The molecule has 2 aromatic heterocycles. The minimum atomic E-state index is -1.20. The van der Waals surface area contributed by atoms with Crippen LogP contribution in [-0.2, 0) is 12.0 Å². The zero-order valence-corrected chi connectivity index (χ0v) is 11.6. The zero-order chi connectivity index (χ0) is 14.7. The van der Waals surface area contributed by atoms with Gasteiger partial charge in [0.25, 0.3) is 0 Å². The van der Waals surface area contributed by atoms with Crippen LogP contribution in [0.1, 0.15) is 22.5 Å². The van der Waals surface area contributed by atoms with Gasteiger partial charge in [0.05, 0.1) is 0 Å². The Hall–Kier alpha value is -2.53. The SMILES string of the molecule is Cc1nonc1CC(O)(c1ccccc1)c1ccncc1. The molecule has 3 aromatic rings. The van der Waals surface area contributed by atoms with Gasteiger partial charge in [0.1, 0.15) is 17.0 Å². The van der Waals surface area contributed by atoms with E-state index >= 15 is 0 Å². The van der Waals surface area contributed by atoms with Gasteiger partial charge >= 0.3 is 0 Å². The lowest BCUT2D eigenvalue weighted by molar-refractivity contribution is 0.0787. The van der Waals surface area contributed by atoms with E-state index in [0.717, 1.165) is 11.1 Å². The van der Waals surface area contributed by atoms with Crippen molar-refractivity contribution < 1.29 is 9.74 Å². The van der Waals surface area contributed by atoms with Crippen LogP contribution >= 0.6 is 0 Å². The van der Waals surface area contributed by atoms with Crippen LogP contribution in [0.3, 0.4) is 0 Å². The van der Waals surface area contributed by atoms with Crippen molar-refractivity contribution in [3.63, 3.8) is 0 Å². The second-order valence-corrected chi connectivity index (χ2v) is 4.94. The maximum absolute atomic E-state index is 11.3. The minimum Gasteiger partial charge on any atom is -0.380 e. The summed E-state index contributed by atoms with van der Waals surface area (Å²) in [5.74, 6) is 0. The average Bonchev–Trinajstić information content (AvgIpc) is 2.94. The molecule has 0 saturated heterocycles. The zero-order valence-electron chi connectivity index (χ0n) is 11.6. The standard InChI is InChI=1S/C16H15N3O2/c1-12-15(19-21-18-12)11-16(20,13-5-3-2-4-6-13)14-7-9-17-10-8-14/h2-10,20H,11H2,1H3. The molecule has 0 aliphatic heterocycles. The van der Waals surface area contributed by atoms with E-state index in [1.807, 2.05) is 37.3 Å². The van der Waals surface area contributed by atoms with Crippen molar-refractivity contribution in [2.24, 2.45) is 0 Å². The van der Waals surface area contributed by atoms with Gasteiger partial charge in [0.2, 0.25) is 0 Å². The molecule has 1 atom stereocenters. The first-order valence-electron chi connectivity index (χ1n) is 6.66. The number of pyridine rings is 1. The molecule has 21 heavy (non-hydrogen) atoms. The van der Waals surface area contributed by atoms with Crippen LogP contribution in [0.5, 0.6) is 0 Å². The number of nitrogens with zero attached hydrogens (tertiary/aromatic N) is 3. The Kier molecular flexibility index (Phi) is 3.50. The second kappa shape index (κ2) is 5.46. The Bertz CT molecular complexity index is 671. The molecule has 0 amide bonds. The molecule has 2 heterocycles. The summed E-state index contributed by atoms with van der Waals surface area (Å²) >= 11 is 0. The fraction of sp³-hybridized carbons (Fsp3) is 0.188. The molecule has 0 fully saturated rings. The van der Waals surface area contributed by atoms with Crippen molar-refractivity contribution in [2.45, 2.75) is 18.9 Å². The molecular formula is C16H15N3O2. The molecule has 0 bridgehead atoms. The number of hydrogen-bond acceptors (Lipinski definition) is 5. The lowest BCUT2D eigenvalue weighted by Gasteiger charge is -2.28. The van der Waals surface area contributed by atoms with Crippen LogP contribution in [0.25, 0.3) is 0 Å². The van der Waals surface area contributed by atoms with Crippen LogP contribution in [-0.4, -0.2) is 20.4 Å². The number of aromatic nitrogens is 3. The Morgan fingerprint density at radius 3 is 2.29 bits per heavy atom. The number of benzene rings is 1. The van der Waals surface area contributed by atoms with E-state index in [9.17, 15) is 5.11 Å². The Morgan fingerprint density at radius 1 is 1.00 bits per heavy atom. The van der Waals surface area contributed by atoms with Gasteiger partial charge in [-0.05, 0) is 30.2 Å². The van der Waals surface area contributed by atoms with Gasteiger partial charge in [0.15, 0.2) is 0 Å². The number of rotatable bonds is 4. The molecule has 0 aliphatic rings. The van der Waals surface area contributed by atoms with Crippen LogP contribution in [0.15, 0.2) is 59.5 Å². The van der Waals surface area contributed by atoms with Gasteiger partial charge in [-0.2, -0.15) is 0 Å². The molecule has 0 spiro atoms. The molecule has 106 valence electrons. The maximum Gasteiger partial charge on any atom is 0.120 e. The topological polar surface area (TPSA) is 72.0 Å². The highest BCUT2D eigenvalue weighted by molar-refractivity contribution is 5.36. The summed E-state index contributed by atoms with van der Waals surface area (Å²) in [6.07, 6.45) is 3.62. The highest BCUT2D eigenvalue weighted by atomic mass is 16.6. The Morgan fingerprint density at radius 2 is 1.67 bits per heavy atom. The molecular weight excluding hydrogens is 266 g/mol. The summed E-state index contributed by atoms with van der Waals surface area (Å²) in [6, 6.07) is 13.1. The van der Waals surface area contributed by atoms with Crippen molar-refractivity contribution in [1.29, 1.82) is 0 Å². The lowest BCUT2D eigenvalue weighted by atomic mass is 9.83. The fourth-order valence-corrected chi connectivity index (χ4v) is 2.36. The largest absolute Gasteiger partial charge is 0.380 e. The third-order valence-electron chi connectivity index (χ3n) is 3.58. The van der Waals surface area contributed by atoms with Gasteiger partial charge in [-0.15, -0.1) is 0 Å². The Balaban J connectivity index is 2.09.